The van der Waals surface area contributed by atoms with Crippen LogP contribution in [0.25, 0.3) is 0 Å². The fourth-order valence-corrected chi connectivity index (χ4v) is 3.42. The van der Waals surface area contributed by atoms with Crippen LogP contribution in [0, 0.1) is 17.8 Å². The van der Waals surface area contributed by atoms with Crippen molar-refractivity contribution in [2.24, 2.45) is 17.8 Å². The normalized spacial score (nSPS) is 34.6. The molecular weight excluding hydrogens is 282 g/mol. The van der Waals surface area contributed by atoms with Crippen LogP contribution in [-0.4, -0.2) is 36.7 Å². The molecule has 0 bridgehead atoms. The zero-order valence-electron chi connectivity index (χ0n) is 14.9. The maximum absolute atomic E-state index is 12.1. The van der Waals surface area contributed by atoms with Crippen molar-refractivity contribution in [1.82, 2.24) is 5.32 Å². The van der Waals surface area contributed by atoms with Gasteiger partial charge in [-0.3, -0.25) is 4.79 Å². The Morgan fingerprint density at radius 3 is 2.45 bits per heavy atom. The fraction of sp³-hybridized carbons (Fsp3) is 0.882. The molecule has 0 spiro atoms. The molecule has 0 saturated carbocycles. The van der Waals surface area contributed by atoms with E-state index >= 15 is 0 Å². The molecule has 1 amide bonds. The van der Waals surface area contributed by atoms with Gasteiger partial charge in [-0.05, 0) is 31.1 Å². The molecule has 0 aromatic rings. The summed E-state index contributed by atoms with van der Waals surface area (Å²) in [4.78, 5) is 23.7. The molecule has 6 atom stereocenters. The number of carbonyl (C=O) groups is 2. The van der Waals surface area contributed by atoms with Crippen LogP contribution in [0.1, 0.15) is 54.4 Å². The zero-order valence-corrected chi connectivity index (χ0v) is 14.9. The summed E-state index contributed by atoms with van der Waals surface area (Å²) in [5, 5.41) is 3.02. The van der Waals surface area contributed by atoms with Crippen LogP contribution in [0.5, 0.6) is 0 Å². The Morgan fingerprint density at radius 2 is 2.00 bits per heavy atom. The molecule has 0 aliphatic carbocycles. The molecule has 5 heteroatoms. The van der Waals surface area contributed by atoms with Crippen molar-refractivity contribution in [3.63, 3.8) is 0 Å². The molecule has 6 unspecified atom stereocenters. The second-order valence-corrected chi connectivity index (χ2v) is 6.96. The molecule has 1 heterocycles. The first kappa shape index (κ1) is 18.9. The molecule has 1 aliphatic heterocycles. The molecule has 128 valence electrons. The van der Waals surface area contributed by atoms with Crippen molar-refractivity contribution in [1.29, 1.82) is 0 Å². The number of carbonyl (C=O) groups excluding carboxylic acids is 2. The van der Waals surface area contributed by atoms with E-state index in [1.165, 1.54) is 14.0 Å². The topological polar surface area (TPSA) is 64.6 Å². The van der Waals surface area contributed by atoms with E-state index < -0.39 is 5.60 Å². The average molecular weight is 313 g/mol. The summed E-state index contributed by atoms with van der Waals surface area (Å²) in [7, 11) is 1.38. The molecule has 0 aromatic heterocycles. The van der Waals surface area contributed by atoms with Crippen LogP contribution in [0.3, 0.4) is 0 Å². The largest absolute Gasteiger partial charge is 0.467 e. The standard InChI is InChI=1S/C17H31NO4/c1-8-10(2)12(4)15-14(18-13(5)19)11(3)9-17(6,22-15)16(20)21-7/h10-12,14-15H,8-9H2,1-7H3,(H,18,19). The van der Waals surface area contributed by atoms with Gasteiger partial charge >= 0.3 is 5.97 Å². The summed E-state index contributed by atoms with van der Waals surface area (Å²) in [6, 6.07) is -0.0840. The van der Waals surface area contributed by atoms with Gasteiger partial charge in [0.25, 0.3) is 0 Å². The lowest BCUT2D eigenvalue weighted by atomic mass is 9.75. The van der Waals surface area contributed by atoms with Gasteiger partial charge in [0.05, 0.1) is 19.3 Å². The SMILES string of the molecule is CCC(C)C(C)C1OC(C)(C(=O)OC)CC(C)C1NC(C)=O. The molecule has 1 rings (SSSR count). The zero-order chi connectivity index (χ0) is 17.1. The van der Waals surface area contributed by atoms with Gasteiger partial charge < -0.3 is 14.8 Å². The number of rotatable bonds is 5. The van der Waals surface area contributed by atoms with Gasteiger partial charge in [0, 0.05) is 6.92 Å². The van der Waals surface area contributed by atoms with Crippen molar-refractivity contribution < 1.29 is 19.1 Å². The third-order valence-corrected chi connectivity index (χ3v) is 5.12. The summed E-state index contributed by atoms with van der Waals surface area (Å²) in [6.07, 6.45) is 1.36. The van der Waals surface area contributed by atoms with Crippen molar-refractivity contribution in [3.05, 3.63) is 0 Å². The van der Waals surface area contributed by atoms with E-state index in [1.807, 2.05) is 0 Å². The van der Waals surface area contributed by atoms with Crippen molar-refractivity contribution in [3.8, 4) is 0 Å². The molecular formula is C17H31NO4. The lowest BCUT2D eigenvalue weighted by molar-refractivity contribution is -0.202. The summed E-state index contributed by atoms with van der Waals surface area (Å²) >= 11 is 0. The Balaban J connectivity index is 3.09. The predicted molar refractivity (Wildman–Crippen MR) is 85.3 cm³/mol. The quantitative estimate of drug-likeness (QED) is 0.792. The van der Waals surface area contributed by atoms with Crippen LogP contribution in [-0.2, 0) is 19.1 Å². The molecule has 5 nitrogen and oxygen atoms in total. The van der Waals surface area contributed by atoms with Gasteiger partial charge in [-0.15, -0.1) is 0 Å². The highest BCUT2D eigenvalue weighted by Crippen LogP contribution is 2.38. The molecule has 0 aromatic carbocycles. The molecule has 1 fully saturated rings. The summed E-state index contributed by atoms with van der Waals surface area (Å²) in [5.74, 6) is 0.394. The van der Waals surface area contributed by atoms with Crippen LogP contribution >= 0.6 is 0 Å². The number of esters is 1. The minimum Gasteiger partial charge on any atom is -0.467 e. The van der Waals surface area contributed by atoms with Crippen LogP contribution in [0.2, 0.25) is 0 Å². The minimum atomic E-state index is -0.949. The maximum atomic E-state index is 12.1. The highest BCUT2D eigenvalue weighted by Gasteiger charge is 2.50. The fourth-order valence-electron chi connectivity index (χ4n) is 3.42. The second-order valence-electron chi connectivity index (χ2n) is 6.96. The van der Waals surface area contributed by atoms with Crippen molar-refractivity contribution in [2.45, 2.75) is 72.1 Å². The minimum absolute atomic E-state index is 0.0662. The number of ether oxygens (including phenoxy) is 2. The Morgan fingerprint density at radius 1 is 1.41 bits per heavy atom. The van der Waals surface area contributed by atoms with Crippen molar-refractivity contribution in [2.75, 3.05) is 7.11 Å². The van der Waals surface area contributed by atoms with Gasteiger partial charge in [0.2, 0.25) is 5.91 Å². The molecule has 1 aliphatic rings. The van der Waals surface area contributed by atoms with Crippen LogP contribution in [0.4, 0.5) is 0 Å². The average Bonchev–Trinajstić information content (AvgIpc) is 2.46. The van der Waals surface area contributed by atoms with Gasteiger partial charge in [0.15, 0.2) is 5.60 Å². The van der Waals surface area contributed by atoms with E-state index in [0.717, 1.165) is 6.42 Å². The number of methoxy groups -OCH3 is 1. The lowest BCUT2D eigenvalue weighted by Gasteiger charge is -2.48. The molecule has 1 saturated heterocycles. The molecule has 0 radical (unpaired) electrons. The maximum Gasteiger partial charge on any atom is 0.337 e. The number of amides is 1. The van der Waals surface area contributed by atoms with E-state index in [2.05, 4.69) is 33.0 Å². The number of hydrogen-bond donors (Lipinski definition) is 1. The van der Waals surface area contributed by atoms with E-state index in [4.69, 9.17) is 9.47 Å². The Kier molecular flexibility index (Phi) is 6.41. The summed E-state index contributed by atoms with van der Waals surface area (Å²) in [5.41, 5.74) is -0.949. The van der Waals surface area contributed by atoms with E-state index in [1.54, 1.807) is 6.92 Å². The van der Waals surface area contributed by atoms with Crippen molar-refractivity contribution >= 4 is 11.9 Å². The Hall–Kier alpha value is -1.10. The smallest absolute Gasteiger partial charge is 0.337 e. The summed E-state index contributed by atoms with van der Waals surface area (Å²) in [6.45, 7) is 11.8. The van der Waals surface area contributed by atoms with Gasteiger partial charge in [0.1, 0.15) is 0 Å². The first-order valence-corrected chi connectivity index (χ1v) is 8.19. The van der Waals surface area contributed by atoms with E-state index in [0.29, 0.717) is 12.3 Å². The molecule has 22 heavy (non-hydrogen) atoms. The summed E-state index contributed by atoms with van der Waals surface area (Å²) < 4.78 is 11.1. The third-order valence-electron chi connectivity index (χ3n) is 5.12. The van der Waals surface area contributed by atoms with Crippen LogP contribution in [0.15, 0.2) is 0 Å². The van der Waals surface area contributed by atoms with E-state index in [9.17, 15) is 9.59 Å². The highest BCUT2D eigenvalue weighted by atomic mass is 16.6. The third kappa shape index (κ3) is 4.00. The van der Waals surface area contributed by atoms with E-state index in [-0.39, 0.29) is 35.9 Å². The first-order valence-electron chi connectivity index (χ1n) is 8.19. The van der Waals surface area contributed by atoms with Crippen LogP contribution < -0.4 is 5.32 Å². The Labute approximate surface area is 134 Å². The predicted octanol–water partition coefficient (Wildman–Crippen LogP) is 2.53. The lowest BCUT2D eigenvalue weighted by Crippen LogP contribution is -2.61. The number of nitrogens with one attached hydrogen (secondary N) is 1. The number of hydrogen-bond acceptors (Lipinski definition) is 4. The van der Waals surface area contributed by atoms with Gasteiger partial charge in [-0.2, -0.15) is 0 Å². The second kappa shape index (κ2) is 7.44. The highest BCUT2D eigenvalue weighted by molar-refractivity contribution is 5.79. The first-order chi connectivity index (χ1) is 10.2. The van der Waals surface area contributed by atoms with Gasteiger partial charge in [-0.25, -0.2) is 4.79 Å². The molecule has 1 N–H and O–H groups in total. The Bertz CT molecular complexity index is 411. The van der Waals surface area contributed by atoms with Gasteiger partial charge in [-0.1, -0.05) is 34.1 Å². The monoisotopic (exact) mass is 313 g/mol.